The number of carboxylic acid groups (broad SMARTS) is 1. The van der Waals surface area contributed by atoms with Crippen LogP contribution < -0.4 is 51.3 Å². The third-order valence-electron chi connectivity index (χ3n) is 8.95. The molecule has 0 atom stereocenters. The van der Waals surface area contributed by atoms with Crippen molar-refractivity contribution in [3.63, 3.8) is 0 Å². The number of halogens is 2. The first-order valence-corrected chi connectivity index (χ1v) is 20.8. The molecule has 1 amide bonds. The third-order valence-corrected chi connectivity index (χ3v) is 9.95. The number of hydrogen-bond acceptors (Lipinski definition) is 10. The summed E-state index contributed by atoms with van der Waals surface area (Å²) in [4.78, 5) is 26.7. The lowest BCUT2D eigenvalue weighted by atomic mass is 10.1. The van der Waals surface area contributed by atoms with Crippen LogP contribution in [0.4, 0.5) is 34.1 Å². The molecule has 0 fully saturated rings. The molecule has 7 aromatic rings. The van der Waals surface area contributed by atoms with Crippen molar-refractivity contribution in [2.24, 2.45) is 0 Å². The number of aromatic nitrogens is 1. The first-order chi connectivity index (χ1) is 31.3. The van der Waals surface area contributed by atoms with Gasteiger partial charge in [0.25, 0.3) is 5.91 Å². The number of thiocarbonyl (C=S) groups is 2. The molecule has 0 aliphatic heterocycles. The van der Waals surface area contributed by atoms with Crippen molar-refractivity contribution >= 4 is 115 Å². The molecule has 0 spiro atoms. The Labute approximate surface area is 396 Å². The van der Waals surface area contributed by atoms with Crippen molar-refractivity contribution in [1.29, 1.82) is 0 Å². The van der Waals surface area contributed by atoms with E-state index in [0.29, 0.717) is 77.1 Å². The Hall–Kier alpha value is -7.37. The summed E-state index contributed by atoms with van der Waals surface area (Å²) in [6.45, 7) is 0. The van der Waals surface area contributed by atoms with Crippen LogP contribution in [0.25, 0.3) is 10.8 Å². The van der Waals surface area contributed by atoms with Gasteiger partial charge in [0, 0.05) is 52.8 Å². The van der Waals surface area contributed by atoms with Crippen LogP contribution in [0.2, 0.25) is 10.0 Å². The van der Waals surface area contributed by atoms with E-state index in [1.165, 1.54) is 7.11 Å². The van der Waals surface area contributed by atoms with Gasteiger partial charge in [0.1, 0.15) is 23.0 Å². The quantitative estimate of drug-likeness (QED) is 0.0478. The number of anilines is 6. The second kappa shape index (κ2) is 23.9. The van der Waals surface area contributed by atoms with Crippen LogP contribution in [-0.4, -0.2) is 60.6 Å². The van der Waals surface area contributed by atoms with Gasteiger partial charge in [-0.1, -0.05) is 53.5 Å². The highest BCUT2D eigenvalue weighted by Gasteiger charge is 2.13. The number of hydrogen-bond donors (Lipinski definition) is 7. The predicted octanol–water partition coefficient (Wildman–Crippen LogP) is 11.1. The van der Waals surface area contributed by atoms with Crippen molar-refractivity contribution in [1.82, 2.24) is 4.98 Å². The summed E-state index contributed by atoms with van der Waals surface area (Å²) < 4.78 is 21.0. The second-order valence-corrected chi connectivity index (χ2v) is 14.9. The molecular weight excluding hydrogens is 910 g/mol. The highest BCUT2D eigenvalue weighted by Crippen LogP contribution is 2.37. The molecule has 0 radical (unpaired) electrons. The van der Waals surface area contributed by atoms with Crippen molar-refractivity contribution < 1.29 is 33.6 Å². The lowest BCUT2D eigenvalue weighted by Crippen LogP contribution is -2.19. The molecule has 18 heteroatoms. The first kappa shape index (κ1) is 48.7. The molecule has 14 nitrogen and oxygen atoms in total. The molecule has 1 heterocycles. The number of ether oxygens (including phenoxy) is 4. The zero-order valence-electron chi connectivity index (χ0n) is 35.3. The van der Waals surface area contributed by atoms with Crippen LogP contribution in [0.1, 0.15) is 20.7 Å². The van der Waals surface area contributed by atoms with Crippen LogP contribution in [0, 0.1) is 0 Å². The maximum atomic E-state index is 12.2. The Balaban J connectivity index is 0.000000198. The van der Waals surface area contributed by atoms with Crippen molar-refractivity contribution in [3.05, 3.63) is 161 Å². The number of pyridine rings is 1. The lowest BCUT2D eigenvalue weighted by Gasteiger charge is -2.15. The zero-order chi connectivity index (χ0) is 46.9. The number of carbonyl (C=O) groups is 2. The number of rotatable bonds is 11. The standard InChI is InChI=1S/C21H19ClN4O3S.C15H16ClN3O2S.C11H8O2/c1-28-18-12-19(29-2)17(11-16(18)22)26-21(30)25-15-5-3-14(4-6-15)24-20(27)13-7-9-23-10-8-13;1-20-13-8-14(21-2)12(7-11(13)16)19-15(22)18-10-5-3-9(17)4-6-10;12-11(13)10-6-5-8-3-1-2-4-9(8)7-10/h3-12H,1-2H3,(H,24,27)(H2,25,26,30);3-8H,17H2,1-2H3,(H2,18,19,22);1-7H,(H,12,13). The van der Waals surface area contributed by atoms with Gasteiger partial charge >= 0.3 is 5.97 Å². The molecule has 0 saturated carbocycles. The Morgan fingerprint density at radius 2 is 0.985 bits per heavy atom. The van der Waals surface area contributed by atoms with Gasteiger partial charge in [0.2, 0.25) is 0 Å². The van der Waals surface area contributed by atoms with E-state index in [1.54, 1.807) is 119 Å². The van der Waals surface area contributed by atoms with Gasteiger partial charge in [-0.15, -0.1) is 0 Å². The predicted molar refractivity (Wildman–Crippen MR) is 269 cm³/mol. The molecule has 0 aliphatic rings. The van der Waals surface area contributed by atoms with Crippen molar-refractivity contribution in [3.8, 4) is 23.0 Å². The fourth-order valence-electron chi connectivity index (χ4n) is 5.72. The summed E-state index contributed by atoms with van der Waals surface area (Å²) in [6, 6.07) is 37.2. The number of carboxylic acids is 1. The summed E-state index contributed by atoms with van der Waals surface area (Å²) >= 11 is 23.0. The van der Waals surface area contributed by atoms with Crippen LogP contribution in [0.5, 0.6) is 23.0 Å². The number of fused-ring (bicyclic) bond motifs is 1. The number of nitrogens with two attached hydrogens (primary N) is 1. The highest BCUT2D eigenvalue weighted by atomic mass is 35.5. The molecule has 0 unspecified atom stereocenters. The molecule has 65 heavy (non-hydrogen) atoms. The maximum Gasteiger partial charge on any atom is 0.335 e. The van der Waals surface area contributed by atoms with Gasteiger partial charge < -0.3 is 56.4 Å². The number of benzene rings is 6. The van der Waals surface area contributed by atoms with Crippen LogP contribution in [0.15, 0.2) is 140 Å². The molecular formula is C47H43Cl2N7O7S2. The number of nitrogens with one attached hydrogen (secondary N) is 5. The van der Waals surface area contributed by atoms with Gasteiger partial charge in [-0.05, 0) is 120 Å². The van der Waals surface area contributed by atoms with Gasteiger partial charge in [-0.3, -0.25) is 9.78 Å². The van der Waals surface area contributed by atoms with Crippen LogP contribution >= 0.6 is 47.6 Å². The number of nitrogens with zero attached hydrogens (tertiary/aromatic N) is 1. The number of nitrogen functional groups attached to an aromatic ring is 1. The minimum absolute atomic E-state index is 0.209. The minimum atomic E-state index is -0.884. The van der Waals surface area contributed by atoms with E-state index in [9.17, 15) is 9.59 Å². The van der Waals surface area contributed by atoms with Crippen molar-refractivity contribution in [2.45, 2.75) is 0 Å². The van der Waals surface area contributed by atoms with Gasteiger partial charge in [-0.25, -0.2) is 4.79 Å². The molecule has 6 aromatic carbocycles. The summed E-state index contributed by atoms with van der Waals surface area (Å²) in [5.41, 5.74) is 10.7. The van der Waals surface area contributed by atoms with Crippen LogP contribution in [-0.2, 0) is 0 Å². The van der Waals surface area contributed by atoms with Gasteiger partial charge in [0.05, 0.1) is 55.4 Å². The van der Waals surface area contributed by atoms with Crippen LogP contribution in [0.3, 0.4) is 0 Å². The van der Waals surface area contributed by atoms with Gasteiger partial charge in [0.15, 0.2) is 10.2 Å². The van der Waals surface area contributed by atoms with E-state index < -0.39 is 5.97 Å². The number of methoxy groups -OCH3 is 4. The topological polar surface area (TPSA) is 190 Å². The smallest absolute Gasteiger partial charge is 0.335 e. The average Bonchev–Trinajstić information content (AvgIpc) is 3.31. The normalized spacial score (nSPS) is 10.1. The van der Waals surface area contributed by atoms with E-state index in [1.807, 2.05) is 42.5 Å². The van der Waals surface area contributed by atoms with E-state index in [0.717, 1.165) is 22.1 Å². The fraction of sp³-hybridized carbons (Fsp3) is 0.0851. The van der Waals surface area contributed by atoms with E-state index in [2.05, 4.69) is 31.6 Å². The fourth-order valence-corrected chi connectivity index (χ4v) is 6.65. The molecule has 334 valence electrons. The number of aromatic carboxylic acids is 1. The Morgan fingerprint density at radius 3 is 1.45 bits per heavy atom. The lowest BCUT2D eigenvalue weighted by molar-refractivity contribution is 0.0696. The third kappa shape index (κ3) is 14.3. The molecule has 0 bridgehead atoms. The second-order valence-electron chi connectivity index (χ2n) is 13.3. The maximum absolute atomic E-state index is 12.2. The molecule has 1 aromatic heterocycles. The summed E-state index contributed by atoms with van der Waals surface area (Å²) in [5, 5.41) is 27.5. The monoisotopic (exact) mass is 951 g/mol. The summed E-state index contributed by atoms with van der Waals surface area (Å²) in [5.74, 6) is 1.05. The molecule has 7 rings (SSSR count). The average molecular weight is 953 g/mol. The van der Waals surface area contributed by atoms with Crippen molar-refractivity contribution in [2.75, 3.05) is 60.8 Å². The van der Waals surface area contributed by atoms with E-state index in [-0.39, 0.29) is 5.91 Å². The molecule has 0 aliphatic carbocycles. The van der Waals surface area contributed by atoms with E-state index in [4.69, 9.17) is 77.4 Å². The Morgan fingerprint density at radius 1 is 0.538 bits per heavy atom. The number of carbonyl (C=O) groups excluding carboxylic acids is 1. The SMILES string of the molecule is COc1cc(OC)c(NC(=S)Nc2ccc(N)cc2)cc1Cl.COc1cc(OC)c(NC(=S)Nc2ccc(NC(=O)c3ccncc3)cc2)cc1Cl.O=C(O)c1ccc2ccccc2c1. The minimum Gasteiger partial charge on any atom is -0.495 e. The Bertz CT molecular complexity index is 2770. The molecule has 8 N–H and O–H groups in total. The largest absolute Gasteiger partial charge is 0.495 e. The van der Waals surface area contributed by atoms with Gasteiger partial charge in [-0.2, -0.15) is 0 Å². The Kier molecular flexibility index (Phi) is 17.9. The number of amides is 1. The molecule has 0 saturated heterocycles. The zero-order valence-corrected chi connectivity index (χ0v) is 38.4. The highest BCUT2D eigenvalue weighted by molar-refractivity contribution is 7.81. The first-order valence-electron chi connectivity index (χ1n) is 19.2. The van der Waals surface area contributed by atoms with E-state index >= 15 is 0 Å². The summed E-state index contributed by atoms with van der Waals surface area (Å²) in [7, 11) is 6.18. The summed E-state index contributed by atoms with van der Waals surface area (Å²) in [6.07, 6.45) is 3.14.